The Kier molecular flexibility index (Phi) is 7.81. The van der Waals surface area contributed by atoms with Crippen molar-refractivity contribution in [1.82, 2.24) is 4.90 Å². The molecule has 1 saturated carbocycles. The molecule has 0 bridgehead atoms. The molecule has 3 aromatic carbocycles. The summed E-state index contributed by atoms with van der Waals surface area (Å²) in [4.78, 5) is 28.3. The van der Waals surface area contributed by atoms with Gasteiger partial charge in [0.1, 0.15) is 11.6 Å². The highest BCUT2D eigenvalue weighted by molar-refractivity contribution is 6.34. The van der Waals surface area contributed by atoms with E-state index < -0.39 is 17.5 Å². The Labute approximate surface area is 208 Å². The van der Waals surface area contributed by atoms with Crippen LogP contribution < -0.4 is 5.32 Å². The molecule has 0 aromatic heterocycles. The molecule has 0 saturated heterocycles. The second kappa shape index (κ2) is 11.0. The Morgan fingerprint density at radius 3 is 2.31 bits per heavy atom. The van der Waals surface area contributed by atoms with Gasteiger partial charge in [0, 0.05) is 23.9 Å². The monoisotopic (exact) mass is 496 g/mol. The van der Waals surface area contributed by atoms with Gasteiger partial charge in [-0.15, -0.1) is 0 Å². The molecule has 3 aromatic rings. The summed E-state index contributed by atoms with van der Waals surface area (Å²) in [7, 11) is 0. The van der Waals surface area contributed by atoms with Gasteiger partial charge in [0.25, 0.3) is 11.8 Å². The first-order valence-corrected chi connectivity index (χ1v) is 12.1. The maximum absolute atomic E-state index is 14.0. The van der Waals surface area contributed by atoms with Crippen molar-refractivity contribution < 1.29 is 18.4 Å². The number of carbonyl (C=O) groups excluding carboxylic acids is 2. The largest absolute Gasteiger partial charge is 0.353 e. The first-order valence-electron chi connectivity index (χ1n) is 11.8. The summed E-state index contributed by atoms with van der Waals surface area (Å²) in [5.74, 6) is -1.99. The van der Waals surface area contributed by atoms with Crippen molar-refractivity contribution in [1.29, 1.82) is 0 Å². The number of nitrogens with zero attached hydrogens (tertiary/aromatic N) is 1. The van der Waals surface area contributed by atoms with Crippen LogP contribution in [0.4, 0.5) is 20.2 Å². The van der Waals surface area contributed by atoms with Gasteiger partial charge in [0.05, 0.1) is 16.3 Å². The van der Waals surface area contributed by atoms with Crippen molar-refractivity contribution >= 4 is 34.8 Å². The van der Waals surface area contributed by atoms with E-state index in [0.717, 1.165) is 43.4 Å². The van der Waals surface area contributed by atoms with Crippen LogP contribution >= 0.6 is 11.6 Å². The van der Waals surface area contributed by atoms with E-state index in [9.17, 15) is 18.4 Å². The van der Waals surface area contributed by atoms with Gasteiger partial charge in [-0.25, -0.2) is 8.78 Å². The van der Waals surface area contributed by atoms with Gasteiger partial charge >= 0.3 is 0 Å². The van der Waals surface area contributed by atoms with Gasteiger partial charge in [-0.1, -0.05) is 48.6 Å². The lowest BCUT2D eigenvalue weighted by Crippen LogP contribution is -2.41. The number of imide groups is 1. The normalized spacial score (nSPS) is 13.9. The van der Waals surface area contributed by atoms with E-state index in [1.54, 1.807) is 18.2 Å². The summed E-state index contributed by atoms with van der Waals surface area (Å²) in [6.45, 7) is 2.27. The van der Waals surface area contributed by atoms with Crippen LogP contribution in [0.5, 0.6) is 0 Å². The Hall–Kier alpha value is -3.25. The smallest absolute Gasteiger partial charge is 0.262 e. The molecule has 0 spiro atoms. The quantitative estimate of drug-likeness (QED) is 0.359. The number of hydrogen-bond donors (Lipinski definition) is 1. The molecule has 35 heavy (non-hydrogen) atoms. The summed E-state index contributed by atoms with van der Waals surface area (Å²) in [5.41, 5.74) is 2.17. The Balaban J connectivity index is 1.59. The number of rotatable bonds is 6. The summed E-state index contributed by atoms with van der Waals surface area (Å²) < 4.78 is 27.2. The average Bonchev–Trinajstić information content (AvgIpc) is 2.85. The Bertz CT molecular complexity index is 1220. The Morgan fingerprint density at radius 2 is 1.66 bits per heavy atom. The zero-order valence-corrected chi connectivity index (χ0v) is 20.2. The third-order valence-corrected chi connectivity index (χ3v) is 6.68. The number of anilines is 2. The van der Waals surface area contributed by atoms with Crippen LogP contribution in [0.1, 0.15) is 58.4 Å². The molecule has 1 aliphatic rings. The van der Waals surface area contributed by atoms with E-state index in [1.165, 1.54) is 29.5 Å². The van der Waals surface area contributed by atoms with Crippen molar-refractivity contribution in [3.63, 3.8) is 0 Å². The van der Waals surface area contributed by atoms with E-state index in [4.69, 9.17) is 11.6 Å². The third-order valence-electron chi connectivity index (χ3n) is 6.36. The number of aryl methyl sites for hydroxylation is 1. The fraction of sp³-hybridized carbons (Fsp3) is 0.286. The fourth-order valence-corrected chi connectivity index (χ4v) is 4.66. The topological polar surface area (TPSA) is 49.4 Å². The lowest BCUT2D eigenvalue weighted by Gasteiger charge is -2.29. The fourth-order valence-electron chi connectivity index (χ4n) is 4.40. The Morgan fingerprint density at radius 1 is 0.943 bits per heavy atom. The molecule has 1 fully saturated rings. The maximum atomic E-state index is 14.0. The second-order valence-corrected chi connectivity index (χ2v) is 9.44. The molecule has 1 N–H and O–H groups in total. The molecule has 1 aliphatic carbocycles. The van der Waals surface area contributed by atoms with Crippen molar-refractivity contribution in [3.8, 4) is 0 Å². The molecule has 4 rings (SSSR count). The number of carbonyl (C=O) groups is 2. The molecule has 182 valence electrons. The minimum absolute atomic E-state index is 0.0787. The van der Waals surface area contributed by atoms with Crippen LogP contribution in [0.15, 0.2) is 60.7 Å². The van der Waals surface area contributed by atoms with Gasteiger partial charge in [0.15, 0.2) is 0 Å². The molecule has 0 aliphatic heterocycles. The lowest BCUT2D eigenvalue weighted by atomic mass is 9.88. The van der Waals surface area contributed by atoms with Crippen LogP contribution in [-0.4, -0.2) is 23.3 Å². The maximum Gasteiger partial charge on any atom is 0.262 e. The minimum atomic E-state index is -0.747. The van der Waals surface area contributed by atoms with Crippen LogP contribution in [-0.2, 0) is 0 Å². The molecular weight excluding hydrogens is 470 g/mol. The highest BCUT2D eigenvalue weighted by atomic mass is 35.5. The van der Waals surface area contributed by atoms with Crippen molar-refractivity contribution in [2.45, 2.75) is 39.0 Å². The van der Waals surface area contributed by atoms with Crippen LogP contribution in [0.2, 0.25) is 5.02 Å². The molecule has 0 heterocycles. The molecule has 0 atom stereocenters. The predicted octanol–water partition coefficient (Wildman–Crippen LogP) is 7.53. The SMILES string of the molecule is Cc1ccc(C(=O)N(CC2CCCCC2)C(=O)c2ccc(Nc3ccc(F)cc3F)cc2Cl)cc1. The second-order valence-electron chi connectivity index (χ2n) is 9.03. The number of halogens is 3. The standard InChI is InChI=1S/C28H27ClF2N2O2/c1-18-7-9-20(10-8-18)27(34)33(17-19-5-3-2-4-6-19)28(35)23-13-12-22(16-24(23)29)32-26-14-11-21(30)15-25(26)31/h7-16,19,32H,2-6,17H2,1H3. The van der Waals surface area contributed by atoms with E-state index in [1.807, 2.05) is 19.1 Å². The summed E-state index contributed by atoms with van der Waals surface area (Å²) >= 11 is 6.46. The summed E-state index contributed by atoms with van der Waals surface area (Å²) in [5, 5.41) is 2.97. The van der Waals surface area contributed by atoms with Gasteiger partial charge in [0.2, 0.25) is 0 Å². The number of amides is 2. The van der Waals surface area contributed by atoms with Crippen LogP contribution in [0, 0.1) is 24.5 Å². The zero-order chi connectivity index (χ0) is 24.9. The van der Waals surface area contributed by atoms with E-state index in [0.29, 0.717) is 17.8 Å². The van der Waals surface area contributed by atoms with E-state index in [-0.39, 0.29) is 28.1 Å². The number of hydrogen-bond acceptors (Lipinski definition) is 3. The van der Waals surface area contributed by atoms with Crippen molar-refractivity contribution in [2.24, 2.45) is 5.92 Å². The van der Waals surface area contributed by atoms with Gasteiger partial charge < -0.3 is 5.32 Å². The van der Waals surface area contributed by atoms with Gasteiger partial charge in [-0.05, 0) is 68.1 Å². The molecule has 4 nitrogen and oxygen atoms in total. The first-order chi connectivity index (χ1) is 16.8. The molecule has 0 radical (unpaired) electrons. The molecule has 7 heteroatoms. The van der Waals surface area contributed by atoms with Gasteiger partial charge in [-0.2, -0.15) is 0 Å². The van der Waals surface area contributed by atoms with Crippen LogP contribution in [0.3, 0.4) is 0 Å². The third kappa shape index (κ3) is 6.06. The lowest BCUT2D eigenvalue weighted by molar-refractivity contribution is 0.0578. The van der Waals surface area contributed by atoms with Crippen LogP contribution in [0.25, 0.3) is 0 Å². The van der Waals surface area contributed by atoms with E-state index in [2.05, 4.69) is 5.32 Å². The molecular formula is C28H27ClF2N2O2. The highest BCUT2D eigenvalue weighted by Gasteiger charge is 2.29. The summed E-state index contributed by atoms with van der Waals surface area (Å²) in [6, 6.07) is 14.9. The van der Waals surface area contributed by atoms with Crippen molar-refractivity contribution in [3.05, 3.63) is 94.0 Å². The number of nitrogens with one attached hydrogen (secondary N) is 1. The highest BCUT2D eigenvalue weighted by Crippen LogP contribution is 2.29. The zero-order valence-electron chi connectivity index (χ0n) is 19.5. The molecule has 2 amide bonds. The van der Waals surface area contributed by atoms with Gasteiger partial charge in [-0.3, -0.25) is 14.5 Å². The summed E-state index contributed by atoms with van der Waals surface area (Å²) in [6.07, 6.45) is 5.31. The minimum Gasteiger partial charge on any atom is -0.353 e. The first kappa shape index (κ1) is 24.9. The number of benzene rings is 3. The predicted molar refractivity (Wildman–Crippen MR) is 134 cm³/mol. The van der Waals surface area contributed by atoms with E-state index >= 15 is 0 Å². The average molecular weight is 497 g/mol. The molecule has 0 unspecified atom stereocenters. The van der Waals surface area contributed by atoms with Crippen molar-refractivity contribution in [2.75, 3.05) is 11.9 Å².